The normalized spacial score (nSPS) is 10.5. The standard InChI is InChI=1S/C14H23NO2/c1-3-4-5-6-7-8-17-14-9-12(2)15-10-13(14)11-16/h9-10,16H,3-8,11H2,1-2H3. The second-order valence-corrected chi connectivity index (χ2v) is 4.35. The van der Waals surface area contributed by atoms with Crippen LogP contribution < -0.4 is 4.74 Å². The molecule has 0 spiro atoms. The Balaban J connectivity index is 2.32. The minimum Gasteiger partial charge on any atom is -0.493 e. The number of hydrogen-bond acceptors (Lipinski definition) is 3. The van der Waals surface area contributed by atoms with Gasteiger partial charge in [0.15, 0.2) is 0 Å². The van der Waals surface area contributed by atoms with Gasteiger partial charge in [-0.3, -0.25) is 4.98 Å². The number of aromatic nitrogens is 1. The molecule has 0 aromatic carbocycles. The van der Waals surface area contributed by atoms with E-state index < -0.39 is 0 Å². The van der Waals surface area contributed by atoms with Crippen LogP contribution in [0.15, 0.2) is 12.3 Å². The molecule has 0 unspecified atom stereocenters. The molecule has 0 atom stereocenters. The zero-order chi connectivity index (χ0) is 12.5. The maximum Gasteiger partial charge on any atom is 0.128 e. The fourth-order valence-electron chi connectivity index (χ4n) is 1.70. The molecule has 96 valence electrons. The average molecular weight is 237 g/mol. The molecule has 0 radical (unpaired) electrons. The second kappa shape index (κ2) is 8.07. The van der Waals surface area contributed by atoms with Gasteiger partial charge in [-0.15, -0.1) is 0 Å². The molecule has 0 fully saturated rings. The van der Waals surface area contributed by atoms with E-state index in [0.29, 0.717) is 0 Å². The van der Waals surface area contributed by atoms with Crippen molar-refractivity contribution in [2.45, 2.75) is 52.6 Å². The lowest BCUT2D eigenvalue weighted by Crippen LogP contribution is -2.01. The Bertz CT molecular complexity index is 326. The van der Waals surface area contributed by atoms with Crippen molar-refractivity contribution in [3.8, 4) is 5.75 Å². The molecule has 0 saturated heterocycles. The topological polar surface area (TPSA) is 42.4 Å². The van der Waals surface area contributed by atoms with Crippen LogP contribution in [0.4, 0.5) is 0 Å². The second-order valence-electron chi connectivity index (χ2n) is 4.35. The first kappa shape index (κ1) is 14.0. The highest BCUT2D eigenvalue weighted by Crippen LogP contribution is 2.19. The molecule has 0 amide bonds. The van der Waals surface area contributed by atoms with Crippen LogP contribution in [-0.4, -0.2) is 16.7 Å². The molecule has 0 saturated carbocycles. The summed E-state index contributed by atoms with van der Waals surface area (Å²) in [7, 11) is 0. The van der Waals surface area contributed by atoms with Gasteiger partial charge in [0.05, 0.1) is 13.2 Å². The highest BCUT2D eigenvalue weighted by atomic mass is 16.5. The first-order valence-corrected chi connectivity index (χ1v) is 6.47. The van der Waals surface area contributed by atoms with Gasteiger partial charge in [-0.05, 0) is 13.3 Å². The van der Waals surface area contributed by atoms with E-state index in [1.807, 2.05) is 13.0 Å². The van der Waals surface area contributed by atoms with Crippen LogP contribution in [0.2, 0.25) is 0 Å². The average Bonchev–Trinajstić information content (AvgIpc) is 2.34. The Kier molecular flexibility index (Phi) is 6.63. The summed E-state index contributed by atoms with van der Waals surface area (Å²) in [6.45, 7) is 4.84. The van der Waals surface area contributed by atoms with Crippen molar-refractivity contribution in [2.75, 3.05) is 6.61 Å². The van der Waals surface area contributed by atoms with Crippen molar-refractivity contribution in [2.24, 2.45) is 0 Å². The van der Waals surface area contributed by atoms with Gasteiger partial charge in [-0.1, -0.05) is 32.6 Å². The molecule has 17 heavy (non-hydrogen) atoms. The van der Waals surface area contributed by atoms with Crippen LogP contribution in [-0.2, 0) is 6.61 Å². The van der Waals surface area contributed by atoms with Crippen LogP contribution in [0.1, 0.15) is 50.3 Å². The van der Waals surface area contributed by atoms with Crippen LogP contribution in [0, 0.1) is 6.92 Å². The van der Waals surface area contributed by atoms with E-state index in [4.69, 9.17) is 9.84 Å². The zero-order valence-corrected chi connectivity index (χ0v) is 10.9. The van der Waals surface area contributed by atoms with E-state index in [9.17, 15) is 0 Å². The Morgan fingerprint density at radius 3 is 2.71 bits per heavy atom. The third kappa shape index (κ3) is 5.18. The first-order valence-electron chi connectivity index (χ1n) is 6.47. The molecule has 1 aromatic heterocycles. The van der Waals surface area contributed by atoms with E-state index in [-0.39, 0.29) is 6.61 Å². The van der Waals surface area contributed by atoms with Gasteiger partial charge in [0.1, 0.15) is 5.75 Å². The number of unbranched alkanes of at least 4 members (excludes halogenated alkanes) is 4. The van der Waals surface area contributed by atoms with E-state index in [1.165, 1.54) is 25.7 Å². The number of aryl methyl sites for hydroxylation is 1. The fraction of sp³-hybridized carbons (Fsp3) is 0.643. The van der Waals surface area contributed by atoms with Crippen molar-refractivity contribution < 1.29 is 9.84 Å². The van der Waals surface area contributed by atoms with Gasteiger partial charge in [0.25, 0.3) is 0 Å². The van der Waals surface area contributed by atoms with Crippen LogP contribution >= 0.6 is 0 Å². The van der Waals surface area contributed by atoms with Crippen molar-refractivity contribution in [3.63, 3.8) is 0 Å². The highest BCUT2D eigenvalue weighted by Gasteiger charge is 2.03. The lowest BCUT2D eigenvalue weighted by molar-refractivity contribution is 0.259. The third-order valence-electron chi connectivity index (χ3n) is 2.76. The highest BCUT2D eigenvalue weighted by molar-refractivity contribution is 5.32. The summed E-state index contributed by atoms with van der Waals surface area (Å²) in [5.41, 5.74) is 1.69. The Morgan fingerprint density at radius 1 is 1.24 bits per heavy atom. The SMILES string of the molecule is CCCCCCCOc1cc(C)ncc1CO. The number of aliphatic hydroxyl groups is 1. The monoisotopic (exact) mass is 237 g/mol. The summed E-state index contributed by atoms with van der Waals surface area (Å²) in [5, 5.41) is 9.16. The van der Waals surface area contributed by atoms with E-state index >= 15 is 0 Å². The predicted octanol–water partition coefficient (Wildman–Crippen LogP) is 3.23. The number of hydrogen-bond donors (Lipinski definition) is 1. The third-order valence-corrected chi connectivity index (χ3v) is 2.76. The van der Waals surface area contributed by atoms with Gasteiger partial charge in [0, 0.05) is 23.5 Å². The molecule has 0 bridgehead atoms. The molecule has 3 heteroatoms. The summed E-state index contributed by atoms with van der Waals surface area (Å²) in [6.07, 6.45) is 7.82. The molecule has 1 N–H and O–H groups in total. The molecule has 0 aliphatic carbocycles. The summed E-state index contributed by atoms with van der Waals surface area (Å²) < 4.78 is 5.69. The van der Waals surface area contributed by atoms with E-state index in [0.717, 1.165) is 30.0 Å². The molecule has 0 aliphatic rings. The lowest BCUT2D eigenvalue weighted by Gasteiger charge is -2.10. The summed E-state index contributed by atoms with van der Waals surface area (Å²) in [4.78, 5) is 4.14. The smallest absolute Gasteiger partial charge is 0.128 e. The summed E-state index contributed by atoms with van der Waals surface area (Å²) in [6, 6.07) is 1.89. The number of pyridine rings is 1. The Labute approximate surface area is 104 Å². The Hall–Kier alpha value is -1.09. The Morgan fingerprint density at radius 2 is 2.00 bits per heavy atom. The largest absolute Gasteiger partial charge is 0.493 e. The first-order chi connectivity index (χ1) is 8.27. The van der Waals surface area contributed by atoms with E-state index in [1.54, 1.807) is 6.20 Å². The van der Waals surface area contributed by atoms with Gasteiger partial charge < -0.3 is 9.84 Å². The summed E-state index contributed by atoms with van der Waals surface area (Å²) in [5.74, 6) is 0.774. The molecular formula is C14H23NO2. The van der Waals surface area contributed by atoms with Crippen molar-refractivity contribution in [1.29, 1.82) is 0 Å². The number of nitrogens with zero attached hydrogens (tertiary/aromatic N) is 1. The predicted molar refractivity (Wildman–Crippen MR) is 69.2 cm³/mol. The number of rotatable bonds is 8. The van der Waals surface area contributed by atoms with Crippen LogP contribution in [0.5, 0.6) is 5.75 Å². The summed E-state index contributed by atoms with van der Waals surface area (Å²) >= 11 is 0. The van der Waals surface area contributed by atoms with Crippen molar-refractivity contribution >= 4 is 0 Å². The molecular weight excluding hydrogens is 214 g/mol. The maximum absolute atomic E-state index is 9.16. The molecule has 3 nitrogen and oxygen atoms in total. The van der Waals surface area contributed by atoms with Crippen molar-refractivity contribution in [1.82, 2.24) is 4.98 Å². The van der Waals surface area contributed by atoms with E-state index in [2.05, 4.69) is 11.9 Å². The van der Waals surface area contributed by atoms with Crippen LogP contribution in [0.25, 0.3) is 0 Å². The fourth-order valence-corrected chi connectivity index (χ4v) is 1.70. The van der Waals surface area contributed by atoms with Crippen LogP contribution in [0.3, 0.4) is 0 Å². The number of aliphatic hydroxyl groups excluding tert-OH is 1. The molecule has 1 heterocycles. The quantitative estimate of drug-likeness (QED) is 0.706. The molecule has 1 rings (SSSR count). The van der Waals surface area contributed by atoms with Gasteiger partial charge in [0.2, 0.25) is 0 Å². The molecule has 1 aromatic rings. The minimum absolute atomic E-state index is 0.0154. The van der Waals surface area contributed by atoms with Crippen molar-refractivity contribution in [3.05, 3.63) is 23.5 Å². The zero-order valence-electron chi connectivity index (χ0n) is 10.9. The minimum atomic E-state index is -0.0154. The number of ether oxygens (including phenoxy) is 1. The molecule has 0 aliphatic heterocycles. The lowest BCUT2D eigenvalue weighted by atomic mass is 10.2. The van der Waals surface area contributed by atoms with Gasteiger partial charge in [-0.25, -0.2) is 0 Å². The van der Waals surface area contributed by atoms with Gasteiger partial charge >= 0.3 is 0 Å². The van der Waals surface area contributed by atoms with Gasteiger partial charge in [-0.2, -0.15) is 0 Å². The maximum atomic E-state index is 9.16.